The summed E-state index contributed by atoms with van der Waals surface area (Å²) in [4.78, 5) is 5.26. The van der Waals surface area contributed by atoms with E-state index in [1.54, 1.807) is 0 Å². The highest BCUT2D eigenvalue weighted by Gasteiger charge is 2.38. The molecule has 1 aromatic heterocycles. The van der Waals surface area contributed by atoms with Crippen LogP contribution in [0.5, 0.6) is 0 Å². The summed E-state index contributed by atoms with van der Waals surface area (Å²) in [7, 11) is 0. The molecule has 0 aliphatic heterocycles. The Hall–Kier alpha value is -6.77. The number of nitrogens with zero attached hydrogens (tertiary/aromatic N) is 2. The van der Waals surface area contributed by atoms with Crippen molar-refractivity contribution in [1.29, 1.82) is 0 Å². The molecule has 0 fully saturated rings. The molecule has 0 radical (unpaired) electrons. The standard InChI is InChI=1S/C54H40N2/c1-54(2)47-28-12-11-25-41(47)44-33-45-46(34-48(44)54)52(43-27-10-9-26-42(43)51(45)37-20-15-19-36(31-37)35-17-5-3-6-18-35)38-21-16-22-39(32-38)53-55-49-29-13-14-30-50(49)56(53)40-23-7-4-8-24-40/h3-10,12-24,26-34H,11,25H2,1-2H3. The van der Waals surface area contributed by atoms with Crippen molar-refractivity contribution in [3.63, 3.8) is 0 Å². The van der Waals surface area contributed by atoms with Crippen molar-refractivity contribution in [2.45, 2.75) is 32.1 Å². The number of fused-ring (bicyclic) bond motifs is 5. The minimum Gasteiger partial charge on any atom is -0.292 e. The van der Waals surface area contributed by atoms with Crippen LogP contribution in [0.1, 0.15) is 37.8 Å². The maximum absolute atomic E-state index is 5.26. The number of benzene rings is 8. The van der Waals surface area contributed by atoms with E-state index in [2.05, 4.69) is 200 Å². The first kappa shape index (κ1) is 32.6. The van der Waals surface area contributed by atoms with E-state index >= 15 is 0 Å². The number of allylic oxidation sites excluding steroid dienone is 4. The second-order valence-corrected chi connectivity index (χ2v) is 15.8. The Morgan fingerprint density at radius 3 is 1.86 bits per heavy atom. The van der Waals surface area contributed by atoms with Crippen molar-refractivity contribution in [2.24, 2.45) is 0 Å². The van der Waals surface area contributed by atoms with Gasteiger partial charge in [0.1, 0.15) is 5.82 Å². The molecular weight excluding hydrogens is 677 g/mol. The van der Waals surface area contributed by atoms with Gasteiger partial charge >= 0.3 is 0 Å². The lowest BCUT2D eigenvalue weighted by Gasteiger charge is -2.25. The van der Waals surface area contributed by atoms with Crippen LogP contribution in [0.15, 0.2) is 188 Å². The van der Waals surface area contributed by atoms with Gasteiger partial charge in [0, 0.05) is 16.7 Å². The molecule has 1 heterocycles. The molecule has 2 aliphatic rings. The van der Waals surface area contributed by atoms with Gasteiger partial charge in [-0.1, -0.05) is 147 Å². The highest BCUT2D eigenvalue weighted by molar-refractivity contribution is 6.22. The molecule has 2 aliphatic carbocycles. The Kier molecular flexibility index (Phi) is 7.37. The van der Waals surface area contributed by atoms with Crippen molar-refractivity contribution in [3.05, 3.63) is 199 Å². The van der Waals surface area contributed by atoms with Gasteiger partial charge in [-0.2, -0.15) is 0 Å². The van der Waals surface area contributed by atoms with E-state index in [0.717, 1.165) is 41.0 Å². The first-order valence-corrected chi connectivity index (χ1v) is 19.8. The highest BCUT2D eigenvalue weighted by atomic mass is 15.1. The lowest BCUT2D eigenvalue weighted by molar-refractivity contribution is 0.652. The molecule has 9 aromatic rings. The lowest BCUT2D eigenvalue weighted by atomic mass is 9.78. The van der Waals surface area contributed by atoms with E-state index in [1.165, 1.54) is 77.2 Å². The van der Waals surface area contributed by atoms with E-state index in [0.29, 0.717) is 0 Å². The van der Waals surface area contributed by atoms with Crippen LogP contribution in [0.25, 0.3) is 88.6 Å². The van der Waals surface area contributed by atoms with Crippen molar-refractivity contribution in [1.82, 2.24) is 9.55 Å². The number of aromatic nitrogens is 2. The van der Waals surface area contributed by atoms with Crippen LogP contribution in [0.3, 0.4) is 0 Å². The van der Waals surface area contributed by atoms with E-state index in [9.17, 15) is 0 Å². The predicted octanol–water partition coefficient (Wildman–Crippen LogP) is 14.4. The summed E-state index contributed by atoms with van der Waals surface area (Å²) in [6, 6.07) is 62.2. The summed E-state index contributed by atoms with van der Waals surface area (Å²) in [5.41, 5.74) is 17.4. The van der Waals surface area contributed by atoms with Gasteiger partial charge in [0.2, 0.25) is 0 Å². The Bertz CT molecular complexity index is 3090. The van der Waals surface area contributed by atoms with Crippen LogP contribution in [0, 0.1) is 0 Å². The predicted molar refractivity (Wildman–Crippen MR) is 236 cm³/mol. The summed E-state index contributed by atoms with van der Waals surface area (Å²) in [5.74, 6) is 0.938. The van der Waals surface area contributed by atoms with Crippen molar-refractivity contribution >= 4 is 38.2 Å². The zero-order valence-electron chi connectivity index (χ0n) is 31.6. The van der Waals surface area contributed by atoms with Gasteiger partial charge in [-0.25, -0.2) is 4.98 Å². The fraction of sp³-hybridized carbons (Fsp3) is 0.0926. The summed E-state index contributed by atoms with van der Waals surface area (Å²) < 4.78 is 2.30. The van der Waals surface area contributed by atoms with Crippen LogP contribution in [-0.2, 0) is 5.41 Å². The van der Waals surface area contributed by atoms with Crippen molar-refractivity contribution in [2.75, 3.05) is 0 Å². The molecule has 0 saturated heterocycles. The molecule has 0 bridgehead atoms. The third kappa shape index (κ3) is 4.99. The molecular formula is C54H40N2. The number of imidazole rings is 1. The number of hydrogen-bond acceptors (Lipinski definition) is 1. The van der Waals surface area contributed by atoms with Crippen LogP contribution < -0.4 is 0 Å². The maximum Gasteiger partial charge on any atom is 0.145 e. The van der Waals surface area contributed by atoms with E-state index in [-0.39, 0.29) is 5.41 Å². The second kappa shape index (κ2) is 12.6. The number of hydrogen-bond donors (Lipinski definition) is 0. The molecule has 0 unspecified atom stereocenters. The van der Waals surface area contributed by atoms with Gasteiger partial charge in [-0.15, -0.1) is 0 Å². The largest absolute Gasteiger partial charge is 0.292 e. The van der Waals surface area contributed by atoms with Crippen LogP contribution in [0.4, 0.5) is 0 Å². The average molecular weight is 717 g/mol. The molecule has 2 heteroatoms. The molecule has 266 valence electrons. The zero-order valence-corrected chi connectivity index (χ0v) is 31.6. The molecule has 0 amide bonds. The fourth-order valence-corrected chi connectivity index (χ4v) is 9.64. The van der Waals surface area contributed by atoms with Crippen molar-refractivity contribution < 1.29 is 0 Å². The summed E-state index contributed by atoms with van der Waals surface area (Å²) in [6.45, 7) is 4.82. The van der Waals surface area contributed by atoms with Gasteiger partial charge in [0.05, 0.1) is 11.0 Å². The normalized spacial score (nSPS) is 14.5. The molecule has 0 spiro atoms. The Morgan fingerprint density at radius 2 is 1.11 bits per heavy atom. The second-order valence-electron chi connectivity index (χ2n) is 15.8. The smallest absolute Gasteiger partial charge is 0.145 e. The first-order valence-electron chi connectivity index (χ1n) is 19.8. The topological polar surface area (TPSA) is 17.8 Å². The third-order valence-electron chi connectivity index (χ3n) is 12.2. The minimum atomic E-state index is -0.0888. The van der Waals surface area contributed by atoms with Crippen LogP contribution in [-0.4, -0.2) is 9.55 Å². The molecule has 0 N–H and O–H groups in total. The average Bonchev–Trinajstić information content (AvgIpc) is 3.75. The van der Waals surface area contributed by atoms with Gasteiger partial charge in [-0.05, 0) is 139 Å². The Balaban J connectivity index is 1.21. The van der Waals surface area contributed by atoms with Crippen molar-refractivity contribution in [3.8, 4) is 50.5 Å². The van der Waals surface area contributed by atoms with Gasteiger partial charge in [-0.3, -0.25) is 4.57 Å². The lowest BCUT2D eigenvalue weighted by Crippen LogP contribution is -2.16. The zero-order chi connectivity index (χ0) is 37.4. The Morgan fingerprint density at radius 1 is 0.518 bits per heavy atom. The summed E-state index contributed by atoms with van der Waals surface area (Å²) in [5, 5.41) is 5.09. The first-order chi connectivity index (χ1) is 27.5. The van der Waals surface area contributed by atoms with Gasteiger partial charge in [0.25, 0.3) is 0 Å². The van der Waals surface area contributed by atoms with E-state index in [1.807, 2.05) is 0 Å². The van der Waals surface area contributed by atoms with Gasteiger partial charge in [0.15, 0.2) is 0 Å². The summed E-state index contributed by atoms with van der Waals surface area (Å²) in [6.07, 6.45) is 6.92. The monoisotopic (exact) mass is 716 g/mol. The van der Waals surface area contributed by atoms with E-state index < -0.39 is 0 Å². The van der Waals surface area contributed by atoms with Crippen LogP contribution >= 0.6 is 0 Å². The quantitative estimate of drug-likeness (QED) is 0.162. The SMILES string of the molecule is CC1(C)C2=C(CCC=C2)c2cc3c(-c4cccc(-c5ccccc5)c4)c4ccccc4c(-c4cccc(-c5nc6ccccc6n5-c5ccccc5)c4)c3cc21. The molecule has 2 nitrogen and oxygen atoms in total. The molecule has 0 saturated carbocycles. The molecule has 11 rings (SSSR count). The fourth-order valence-electron chi connectivity index (χ4n) is 9.64. The van der Waals surface area contributed by atoms with Crippen LogP contribution in [0.2, 0.25) is 0 Å². The highest BCUT2D eigenvalue weighted by Crippen LogP contribution is 2.54. The van der Waals surface area contributed by atoms with E-state index in [4.69, 9.17) is 4.98 Å². The number of para-hydroxylation sites is 3. The maximum atomic E-state index is 5.26. The number of rotatable bonds is 5. The summed E-state index contributed by atoms with van der Waals surface area (Å²) >= 11 is 0. The molecule has 56 heavy (non-hydrogen) atoms. The minimum absolute atomic E-state index is 0.0888. The molecule has 8 aromatic carbocycles. The third-order valence-corrected chi connectivity index (χ3v) is 12.2. The molecule has 0 atom stereocenters. The van der Waals surface area contributed by atoms with Gasteiger partial charge < -0.3 is 0 Å². The Labute approximate surface area is 327 Å².